The summed E-state index contributed by atoms with van der Waals surface area (Å²) in [6, 6.07) is 21.6. The molecule has 0 radical (unpaired) electrons. The van der Waals surface area contributed by atoms with E-state index in [0.717, 1.165) is 15.4 Å². The normalized spacial score (nSPS) is 11.9. The first kappa shape index (κ1) is 27.7. The van der Waals surface area contributed by atoms with E-state index in [2.05, 4.69) is 5.32 Å². The van der Waals surface area contributed by atoms with E-state index >= 15 is 0 Å². The van der Waals surface area contributed by atoms with E-state index in [9.17, 15) is 18.0 Å². The third-order valence-electron chi connectivity index (χ3n) is 6.07. The van der Waals surface area contributed by atoms with Gasteiger partial charge in [-0.15, -0.1) is 0 Å². The summed E-state index contributed by atoms with van der Waals surface area (Å²) in [5, 5.41) is 2.62. The number of ether oxygens (including phenoxy) is 1. The van der Waals surface area contributed by atoms with Crippen LogP contribution in [0.4, 0.5) is 5.69 Å². The summed E-state index contributed by atoms with van der Waals surface area (Å²) in [7, 11) is -1.20. The third-order valence-corrected chi connectivity index (χ3v) is 7.84. The Labute approximate surface area is 218 Å². The van der Waals surface area contributed by atoms with E-state index in [1.165, 1.54) is 31.2 Å². The zero-order valence-electron chi connectivity index (χ0n) is 21.5. The second kappa shape index (κ2) is 12.4. The number of hydrogen-bond acceptors (Lipinski definition) is 5. The van der Waals surface area contributed by atoms with Crippen molar-refractivity contribution >= 4 is 27.5 Å². The summed E-state index contributed by atoms with van der Waals surface area (Å²) in [4.78, 5) is 28.1. The summed E-state index contributed by atoms with van der Waals surface area (Å²) >= 11 is 0. The Hall–Kier alpha value is -3.85. The highest BCUT2D eigenvalue weighted by Gasteiger charge is 2.34. The van der Waals surface area contributed by atoms with Gasteiger partial charge in [0.15, 0.2) is 0 Å². The van der Waals surface area contributed by atoms with Gasteiger partial charge in [-0.05, 0) is 43.2 Å². The molecular formula is C28H33N3O5S. The molecule has 0 spiro atoms. The number of carbonyl (C=O) groups is 2. The van der Waals surface area contributed by atoms with Crippen LogP contribution in [0.3, 0.4) is 0 Å². The molecule has 8 nitrogen and oxygen atoms in total. The summed E-state index contributed by atoms with van der Waals surface area (Å²) in [5.41, 5.74) is 1.96. The monoisotopic (exact) mass is 523 g/mol. The van der Waals surface area contributed by atoms with E-state index in [0.29, 0.717) is 12.2 Å². The summed E-state index contributed by atoms with van der Waals surface area (Å²) in [5.74, 6) is -0.531. The standard InChI is InChI=1S/C28H33N3O5S/c1-5-24(28(33)29-3)30(19-22-11-7-6-8-12-22)27(32)20-31(25-13-9-10-14-26(25)36-4)37(34,35)23-17-15-21(2)16-18-23/h6-18,24H,5,19-20H2,1-4H3,(H,29,33)/t24-/m0/s1. The van der Waals surface area contributed by atoms with Crippen molar-refractivity contribution in [2.45, 2.75) is 37.8 Å². The Bertz CT molecular complexity index is 1310. The van der Waals surface area contributed by atoms with Crippen molar-refractivity contribution in [1.29, 1.82) is 0 Å². The Morgan fingerprint density at radius 1 is 0.946 bits per heavy atom. The van der Waals surface area contributed by atoms with Crippen molar-refractivity contribution in [1.82, 2.24) is 10.2 Å². The van der Waals surface area contributed by atoms with Crippen LogP contribution in [0.15, 0.2) is 83.8 Å². The van der Waals surface area contributed by atoms with Gasteiger partial charge in [0.1, 0.15) is 18.3 Å². The van der Waals surface area contributed by atoms with Crippen LogP contribution in [0.2, 0.25) is 0 Å². The predicted molar refractivity (Wildman–Crippen MR) is 144 cm³/mol. The van der Waals surface area contributed by atoms with Gasteiger partial charge < -0.3 is 15.0 Å². The SMILES string of the molecule is CC[C@@H](C(=O)NC)N(Cc1ccccc1)C(=O)CN(c1ccccc1OC)S(=O)(=O)c1ccc(C)cc1. The Morgan fingerprint density at radius 2 is 1.57 bits per heavy atom. The summed E-state index contributed by atoms with van der Waals surface area (Å²) in [6.07, 6.45) is 0.359. The molecule has 3 aromatic rings. The molecule has 37 heavy (non-hydrogen) atoms. The molecular weight excluding hydrogens is 490 g/mol. The van der Waals surface area contributed by atoms with Crippen molar-refractivity contribution in [2.24, 2.45) is 0 Å². The predicted octanol–water partition coefficient (Wildman–Crippen LogP) is 3.75. The maximum absolute atomic E-state index is 13.9. The fourth-order valence-electron chi connectivity index (χ4n) is 4.05. The molecule has 196 valence electrons. The van der Waals surface area contributed by atoms with Gasteiger partial charge in [0, 0.05) is 13.6 Å². The number of methoxy groups -OCH3 is 1. The first-order valence-corrected chi connectivity index (χ1v) is 13.4. The molecule has 0 saturated heterocycles. The van der Waals surface area contributed by atoms with Gasteiger partial charge in [-0.2, -0.15) is 0 Å². The summed E-state index contributed by atoms with van der Waals surface area (Å²) in [6.45, 7) is 3.31. The van der Waals surface area contributed by atoms with Crippen molar-refractivity contribution in [3.63, 3.8) is 0 Å². The van der Waals surface area contributed by atoms with Crippen LogP contribution in [0.25, 0.3) is 0 Å². The largest absolute Gasteiger partial charge is 0.495 e. The first-order valence-electron chi connectivity index (χ1n) is 12.0. The molecule has 0 aliphatic carbocycles. The fraction of sp³-hybridized carbons (Fsp3) is 0.286. The van der Waals surface area contributed by atoms with E-state index in [4.69, 9.17) is 4.74 Å². The van der Waals surface area contributed by atoms with Gasteiger partial charge in [0.05, 0.1) is 17.7 Å². The van der Waals surface area contributed by atoms with Crippen molar-refractivity contribution < 1.29 is 22.7 Å². The zero-order valence-corrected chi connectivity index (χ0v) is 22.4. The van der Waals surface area contributed by atoms with Crippen LogP contribution in [0.1, 0.15) is 24.5 Å². The van der Waals surface area contributed by atoms with Crippen molar-refractivity contribution in [3.05, 3.63) is 90.0 Å². The van der Waals surface area contributed by atoms with Gasteiger partial charge in [-0.3, -0.25) is 13.9 Å². The minimum atomic E-state index is -4.16. The van der Waals surface area contributed by atoms with E-state index in [1.807, 2.05) is 44.2 Å². The lowest BCUT2D eigenvalue weighted by molar-refractivity contribution is -0.140. The summed E-state index contributed by atoms with van der Waals surface area (Å²) < 4.78 is 34.2. The van der Waals surface area contributed by atoms with Crippen LogP contribution < -0.4 is 14.4 Å². The van der Waals surface area contributed by atoms with Crippen LogP contribution in [-0.4, -0.2) is 51.9 Å². The van der Waals surface area contributed by atoms with Crippen molar-refractivity contribution in [2.75, 3.05) is 25.0 Å². The quantitative estimate of drug-likeness (QED) is 0.413. The molecule has 0 fully saturated rings. The number of benzene rings is 3. The lowest BCUT2D eigenvalue weighted by Crippen LogP contribution is -2.51. The number of sulfonamides is 1. The third kappa shape index (κ3) is 6.48. The number of aryl methyl sites for hydroxylation is 1. The van der Waals surface area contributed by atoms with Gasteiger partial charge in [0.25, 0.3) is 10.0 Å². The van der Waals surface area contributed by atoms with Crippen LogP contribution in [-0.2, 0) is 26.2 Å². The van der Waals surface area contributed by atoms with Crippen LogP contribution in [0.5, 0.6) is 5.75 Å². The number of carbonyl (C=O) groups excluding carboxylic acids is 2. The Balaban J connectivity index is 2.09. The molecule has 9 heteroatoms. The lowest BCUT2D eigenvalue weighted by Gasteiger charge is -2.33. The molecule has 0 bridgehead atoms. The molecule has 0 aliphatic rings. The molecule has 1 atom stereocenters. The number of hydrogen-bond donors (Lipinski definition) is 1. The maximum atomic E-state index is 13.9. The molecule has 3 rings (SSSR count). The number of nitrogens with zero attached hydrogens (tertiary/aromatic N) is 2. The highest BCUT2D eigenvalue weighted by molar-refractivity contribution is 7.92. The highest BCUT2D eigenvalue weighted by Crippen LogP contribution is 2.32. The lowest BCUT2D eigenvalue weighted by atomic mass is 10.1. The number of amides is 2. The number of anilines is 1. The first-order chi connectivity index (χ1) is 17.7. The maximum Gasteiger partial charge on any atom is 0.264 e. The highest BCUT2D eigenvalue weighted by atomic mass is 32.2. The Morgan fingerprint density at radius 3 is 2.16 bits per heavy atom. The van der Waals surface area contributed by atoms with E-state index in [-0.39, 0.29) is 23.0 Å². The number of nitrogens with one attached hydrogen (secondary N) is 1. The molecule has 0 aliphatic heterocycles. The van der Waals surface area contributed by atoms with Crippen molar-refractivity contribution in [3.8, 4) is 5.75 Å². The average Bonchev–Trinajstić information content (AvgIpc) is 2.92. The van der Waals surface area contributed by atoms with Gasteiger partial charge in [-0.25, -0.2) is 8.42 Å². The van der Waals surface area contributed by atoms with Crippen LogP contribution >= 0.6 is 0 Å². The molecule has 2 amide bonds. The smallest absolute Gasteiger partial charge is 0.264 e. The van der Waals surface area contributed by atoms with Gasteiger partial charge in [-0.1, -0.05) is 67.1 Å². The van der Waals surface area contributed by atoms with Gasteiger partial charge in [0.2, 0.25) is 11.8 Å². The molecule has 0 heterocycles. The number of rotatable bonds is 11. The molecule has 0 unspecified atom stereocenters. The minimum absolute atomic E-state index is 0.0461. The van der Waals surface area contributed by atoms with E-state index < -0.39 is 28.5 Å². The van der Waals surface area contributed by atoms with Crippen LogP contribution in [0, 0.1) is 6.92 Å². The zero-order chi connectivity index (χ0) is 27.0. The Kier molecular flexibility index (Phi) is 9.30. The second-order valence-electron chi connectivity index (χ2n) is 8.54. The molecule has 0 aromatic heterocycles. The second-order valence-corrected chi connectivity index (χ2v) is 10.4. The van der Waals surface area contributed by atoms with Gasteiger partial charge >= 0.3 is 0 Å². The molecule has 0 saturated carbocycles. The number of para-hydroxylation sites is 2. The van der Waals surface area contributed by atoms with E-state index in [1.54, 1.807) is 36.4 Å². The molecule has 3 aromatic carbocycles. The molecule has 1 N–H and O–H groups in total. The topological polar surface area (TPSA) is 96.0 Å². The minimum Gasteiger partial charge on any atom is -0.495 e. The fourth-order valence-corrected chi connectivity index (χ4v) is 5.48. The average molecular weight is 524 g/mol. The number of likely N-dealkylation sites (N-methyl/N-ethyl adjacent to an activating group) is 1.